The van der Waals surface area contributed by atoms with Crippen molar-refractivity contribution in [3.05, 3.63) is 113 Å². The smallest absolute Gasteiger partial charge is 0.273 e. The Bertz CT molecular complexity index is 1410. The molecule has 0 bridgehead atoms. The van der Waals surface area contributed by atoms with E-state index < -0.39 is 6.04 Å². The number of amides is 1. The van der Waals surface area contributed by atoms with Gasteiger partial charge in [0.2, 0.25) is 0 Å². The number of benzene rings is 3. The fourth-order valence-electron chi connectivity index (χ4n) is 4.73. The van der Waals surface area contributed by atoms with Crippen LogP contribution in [0.2, 0.25) is 0 Å². The van der Waals surface area contributed by atoms with E-state index in [2.05, 4.69) is 16.8 Å². The van der Waals surface area contributed by atoms with Gasteiger partial charge in [0.1, 0.15) is 29.5 Å². The van der Waals surface area contributed by atoms with Gasteiger partial charge in [0.25, 0.3) is 5.91 Å². The number of hydrogen-bond donors (Lipinski definition) is 2. The first-order chi connectivity index (χ1) is 17.0. The van der Waals surface area contributed by atoms with Crippen LogP contribution in [0.1, 0.15) is 44.3 Å². The molecule has 6 heteroatoms. The molecule has 35 heavy (non-hydrogen) atoms. The summed E-state index contributed by atoms with van der Waals surface area (Å²) in [6.07, 6.45) is 1.72. The summed E-state index contributed by atoms with van der Waals surface area (Å²) < 4.78 is 6.06. The van der Waals surface area contributed by atoms with Crippen molar-refractivity contribution in [3.63, 3.8) is 0 Å². The number of fused-ring (bicyclic) bond motifs is 1. The molecule has 2 N–H and O–H groups in total. The molecule has 0 fully saturated rings. The average Bonchev–Trinajstić information content (AvgIpc) is 3.40. The van der Waals surface area contributed by atoms with Crippen LogP contribution in [0.15, 0.2) is 79.4 Å². The molecule has 1 aliphatic rings. The maximum atomic E-state index is 13.3. The monoisotopic (exact) mass is 465 g/mol. The number of phenolic OH excluding ortho intramolecular Hbond substituents is 1. The van der Waals surface area contributed by atoms with Crippen LogP contribution in [0.3, 0.4) is 0 Å². The van der Waals surface area contributed by atoms with E-state index in [1.807, 2.05) is 80.6 Å². The Morgan fingerprint density at radius 3 is 2.69 bits per heavy atom. The van der Waals surface area contributed by atoms with Gasteiger partial charge in [-0.25, -0.2) is 0 Å². The van der Waals surface area contributed by atoms with E-state index in [9.17, 15) is 9.90 Å². The Morgan fingerprint density at radius 1 is 1.11 bits per heavy atom. The van der Waals surface area contributed by atoms with Gasteiger partial charge >= 0.3 is 0 Å². The molecule has 0 saturated carbocycles. The second-order valence-corrected chi connectivity index (χ2v) is 8.83. The fraction of sp³-hybridized carbons (Fsp3) is 0.172. The summed E-state index contributed by atoms with van der Waals surface area (Å²) in [6, 6.07) is 21.2. The van der Waals surface area contributed by atoms with Gasteiger partial charge < -0.3 is 14.7 Å². The summed E-state index contributed by atoms with van der Waals surface area (Å²) in [5.74, 6) is 0.728. The zero-order valence-electron chi connectivity index (χ0n) is 19.8. The molecule has 6 nitrogen and oxygen atoms in total. The van der Waals surface area contributed by atoms with Gasteiger partial charge in [0, 0.05) is 17.7 Å². The number of carbonyl (C=O) groups is 1. The zero-order valence-corrected chi connectivity index (χ0v) is 19.8. The van der Waals surface area contributed by atoms with E-state index in [1.165, 1.54) is 0 Å². The lowest BCUT2D eigenvalue weighted by atomic mass is 9.94. The first-order valence-corrected chi connectivity index (χ1v) is 11.5. The minimum absolute atomic E-state index is 0.150. The molecule has 0 saturated heterocycles. The van der Waals surface area contributed by atoms with Crippen LogP contribution in [-0.4, -0.2) is 32.7 Å². The van der Waals surface area contributed by atoms with Crippen molar-refractivity contribution in [1.29, 1.82) is 0 Å². The van der Waals surface area contributed by atoms with Gasteiger partial charge in [0.05, 0.1) is 6.04 Å². The fourth-order valence-corrected chi connectivity index (χ4v) is 4.73. The third kappa shape index (κ3) is 4.08. The molecule has 176 valence electrons. The van der Waals surface area contributed by atoms with Gasteiger partial charge in [-0.3, -0.25) is 9.89 Å². The van der Waals surface area contributed by atoms with Crippen LogP contribution in [0.5, 0.6) is 11.5 Å². The van der Waals surface area contributed by atoms with Crippen molar-refractivity contribution in [3.8, 4) is 22.8 Å². The molecule has 0 spiro atoms. The summed E-state index contributed by atoms with van der Waals surface area (Å²) in [5, 5.41) is 18.3. The molecule has 1 unspecified atom stereocenters. The van der Waals surface area contributed by atoms with Gasteiger partial charge in [-0.15, -0.1) is 6.58 Å². The van der Waals surface area contributed by atoms with Gasteiger partial charge in [-0.2, -0.15) is 5.10 Å². The van der Waals surface area contributed by atoms with Gasteiger partial charge in [-0.1, -0.05) is 54.6 Å². The first-order valence-electron chi connectivity index (χ1n) is 11.5. The predicted octanol–water partition coefficient (Wildman–Crippen LogP) is 5.71. The normalized spacial score (nSPS) is 14.7. The van der Waals surface area contributed by atoms with Gasteiger partial charge in [-0.05, 0) is 54.3 Å². The largest absolute Gasteiger partial charge is 0.507 e. The van der Waals surface area contributed by atoms with E-state index in [-0.39, 0.29) is 11.7 Å². The Hall–Kier alpha value is -4.32. The number of rotatable bonds is 7. The molecule has 0 aliphatic carbocycles. The topological polar surface area (TPSA) is 78.5 Å². The third-order valence-electron chi connectivity index (χ3n) is 6.31. The van der Waals surface area contributed by atoms with E-state index in [0.29, 0.717) is 35.9 Å². The van der Waals surface area contributed by atoms with Crippen molar-refractivity contribution < 1.29 is 14.6 Å². The number of ether oxygens (including phenoxy) is 1. The molecular weight excluding hydrogens is 438 g/mol. The van der Waals surface area contributed by atoms with E-state index in [0.717, 1.165) is 27.8 Å². The molecule has 2 heterocycles. The number of aromatic hydroxyl groups is 1. The predicted molar refractivity (Wildman–Crippen MR) is 135 cm³/mol. The van der Waals surface area contributed by atoms with Crippen LogP contribution in [0.4, 0.5) is 0 Å². The summed E-state index contributed by atoms with van der Waals surface area (Å²) >= 11 is 0. The lowest BCUT2D eigenvalue weighted by Crippen LogP contribution is -2.29. The molecule has 0 radical (unpaired) electrons. The SMILES string of the molecule is C=CCN1C(=O)c2[nH]nc(-c3cc(C)cc(C)c3O)c2C1c1cccc(OCc2ccccc2)c1. The van der Waals surface area contributed by atoms with Crippen LogP contribution >= 0.6 is 0 Å². The minimum Gasteiger partial charge on any atom is -0.507 e. The number of phenols is 1. The average molecular weight is 466 g/mol. The lowest BCUT2D eigenvalue weighted by Gasteiger charge is -2.25. The molecular formula is C29H27N3O3. The summed E-state index contributed by atoms with van der Waals surface area (Å²) in [7, 11) is 0. The van der Waals surface area contributed by atoms with Crippen LogP contribution in [0.25, 0.3) is 11.3 Å². The third-order valence-corrected chi connectivity index (χ3v) is 6.31. The molecule has 1 aromatic heterocycles. The van der Waals surface area contributed by atoms with Crippen LogP contribution < -0.4 is 4.74 Å². The molecule has 1 amide bonds. The van der Waals surface area contributed by atoms with Crippen molar-refractivity contribution in [2.45, 2.75) is 26.5 Å². The number of aryl methyl sites for hydroxylation is 2. The highest BCUT2D eigenvalue weighted by atomic mass is 16.5. The summed E-state index contributed by atoms with van der Waals surface area (Å²) in [5.41, 5.74) is 6.10. The number of nitrogens with zero attached hydrogens (tertiary/aromatic N) is 2. The maximum absolute atomic E-state index is 13.3. The quantitative estimate of drug-likeness (QED) is 0.343. The highest BCUT2D eigenvalue weighted by Crippen LogP contribution is 2.45. The maximum Gasteiger partial charge on any atom is 0.273 e. The standard InChI is InChI=1S/C29H27N3O3/c1-4-13-32-27(21-11-8-12-22(16-21)35-17-20-9-6-5-7-10-20)24-25(30-31-26(24)29(32)34)23-15-18(2)14-19(3)28(23)33/h4-12,14-16,27,33H,1,13,17H2,2-3H3,(H,30,31). The molecule has 3 aromatic carbocycles. The van der Waals surface area contributed by atoms with Crippen LogP contribution in [-0.2, 0) is 6.61 Å². The number of aromatic nitrogens is 2. The molecule has 4 aromatic rings. The second kappa shape index (κ2) is 9.14. The molecule has 1 atom stereocenters. The summed E-state index contributed by atoms with van der Waals surface area (Å²) in [4.78, 5) is 15.1. The zero-order chi connectivity index (χ0) is 24.5. The van der Waals surface area contributed by atoms with Gasteiger partial charge in [0.15, 0.2) is 0 Å². The molecule has 5 rings (SSSR count). The minimum atomic E-state index is -0.398. The second-order valence-electron chi connectivity index (χ2n) is 8.83. The van der Waals surface area contributed by atoms with Crippen molar-refractivity contribution in [1.82, 2.24) is 15.1 Å². The molecule has 1 aliphatic heterocycles. The number of nitrogens with one attached hydrogen (secondary N) is 1. The Balaban J connectivity index is 1.58. The van der Waals surface area contributed by atoms with Crippen molar-refractivity contribution in [2.75, 3.05) is 6.54 Å². The van der Waals surface area contributed by atoms with E-state index in [4.69, 9.17) is 4.74 Å². The number of aromatic amines is 1. The number of hydrogen-bond acceptors (Lipinski definition) is 4. The number of H-pyrrole nitrogens is 1. The first kappa shape index (κ1) is 22.5. The highest BCUT2D eigenvalue weighted by molar-refractivity contribution is 6.00. The Morgan fingerprint density at radius 2 is 1.91 bits per heavy atom. The Kier molecular flexibility index (Phi) is 5.87. The summed E-state index contributed by atoms with van der Waals surface area (Å²) in [6.45, 7) is 8.50. The van der Waals surface area contributed by atoms with Crippen LogP contribution in [0, 0.1) is 13.8 Å². The Labute approximate surface area is 204 Å². The van der Waals surface area contributed by atoms with Crippen molar-refractivity contribution >= 4 is 5.91 Å². The van der Waals surface area contributed by atoms with Crippen molar-refractivity contribution in [2.24, 2.45) is 0 Å². The van der Waals surface area contributed by atoms with E-state index >= 15 is 0 Å². The highest BCUT2D eigenvalue weighted by Gasteiger charge is 2.42. The lowest BCUT2D eigenvalue weighted by molar-refractivity contribution is 0.0764. The van der Waals surface area contributed by atoms with E-state index in [1.54, 1.807) is 11.0 Å². The number of carbonyl (C=O) groups excluding carboxylic acids is 1.